The van der Waals surface area contributed by atoms with Gasteiger partial charge in [0, 0.05) is 18.2 Å². The van der Waals surface area contributed by atoms with E-state index < -0.39 is 17.7 Å². The van der Waals surface area contributed by atoms with E-state index in [-0.39, 0.29) is 12.1 Å². The fraction of sp³-hybridized carbons (Fsp3) is 0.625. The van der Waals surface area contributed by atoms with Crippen molar-refractivity contribution in [2.45, 2.75) is 45.3 Å². The van der Waals surface area contributed by atoms with Gasteiger partial charge in [0.2, 0.25) is 0 Å². The Bertz CT molecular complexity index is 452. The monoisotopic (exact) mass is 283 g/mol. The normalized spacial score (nSPS) is 27.8. The Labute approximate surface area is 119 Å². The lowest BCUT2D eigenvalue weighted by Crippen LogP contribution is -2.35. The minimum Gasteiger partial charge on any atom is -0.387 e. The van der Waals surface area contributed by atoms with Gasteiger partial charge in [-0.3, -0.25) is 0 Å². The maximum Gasteiger partial charge on any atom is 0.129 e. The number of hydrogen-bond acceptors (Lipinski definition) is 2. The zero-order valence-corrected chi connectivity index (χ0v) is 12.1. The van der Waals surface area contributed by atoms with Crippen LogP contribution in [0, 0.1) is 23.5 Å². The second-order valence-electron chi connectivity index (χ2n) is 5.80. The first-order chi connectivity index (χ1) is 9.52. The Morgan fingerprint density at radius 1 is 1.35 bits per heavy atom. The lowest BCUT2D eigenvalue weighted by atomic mass is 9.93. The molecule has 0 bridgehead atoms. The van der Waals surface area contributed by atoms with Crippen LogP contribution in [-0.2, 0) is 0 Å². The van der Waals surface area contributed by atoms with Crippen molar-refractivity contribution in [3.8, 4) is 0 Å². The van der Waals surface area contributed by atoms with Crippen LogP contribution in [0.5, 0.6) is 0 Å². The van der Waals surface area contributed by atoms with Crippen molar-refractivity contribution in [3.63, 3.8) is 0 Å². The van der Waals surface area contributed by atoms with Gasteiger partial charge in [0.1, 0.15) is 11.6 Å². The Morgan fingerprint density at radius 2 is 2.10 bits per heavy atom. The summed E-state index contributed by atoms with van der Waals surface area (Å²) in [5, 5.41) is 13.3. The Hall–Kier alpha value is -1.00. The van der Waals surface area contributed by atoms with Gasteiger partial charge >= 0.3 is 0 Å². The van der Waals surface area contributed by atoms with Crippen LogP contribution in [-0.4, -0.2) is 17.7 Å². The van der Waals surface area contributed by atoms with Crippen LogP contribution in [0.3, 0.4) is 0 Å². The van der Waals surface area contributed by atoms with E-state index in [4.69, 9.17) is 0 Å². The number of hydrogen-bond donors (Lipinski definition) is 2. The number of nitrogens with one attached hydrogen (secondary N) is 1. The number of benzene rings is 1. The molecule has 4 heteroatoms. The summed E-state index contributed by atoms with van der Waals surface area (Å²) < 4.78 is 26.7. The van der Waals surface area contributed by atoms with Crippen LogP contribution < -0.4 is 5.32 Å². The molecule has 1 saturated carbocycles. The van der Waals surface area contributed by atoms with Crippen molar-refractivity contribution in [2.75, 3.05) is 6.54 Å². The molecular weight excluding hydrogens is 260 g/mol. The van der Waals surface area contributed by atoms with Crippen LogP contribution in [0.15, 0.2) is 18.2 Å². The van der Waals surface area contributed by atoms with Gasteiger partial charge in [-0.05, 0) is 42.9 Å². The molecule has 1 fully saturated rings. The zero-order valence-electron chi connectivity index (χ0n) is 12.1. The number of aliphatic hydroxyl groups excluding tert-OH is 1. The Kier molecular flexibility index (Phi) is 5.11. The highest BCUT2D eigenvalue weighted by Crippen LogP contribution is 2.34. The first-order valence-corrected chi connectivity index (χ1v) is 7.39. The number of aliphatic hydroxyl groups is 1. The molecule has 0 radical (unpaired) electrons. The molecule has 0 aromatic heterocycles. The van der Waals surface area contributed by atoms with Crippen molar-refractivity contribution in [2.24, 2.45) is 11.8 Å². The van der Waals surface area contributed by atoms with Crippen molar-refractivity contribution in [1.29, 1.82) is 0 Å². The minimum atomic E-state index is -1.02. The third-order valence-corrected chi connectivity index (χ3v) is 4.64. The van der Waals surface area contributed by atoms with E-state index in [0.29, 0.717) is 12.0 Å². The highest BCUT2D eigenvalue weighted by Gasteiger charge is 2.31. The van der Waals surface area contributed by atoms with Gasteiger partial charge in [-0.1, -0.05) is 20.3 Å². The molecule has 1 aromatic rings. The van der Waals surface area contributed by atoms with E-state index in [1.54, 1.807) is 0 Å². The average molecular weight is 283 g/mol. The molecule has 1 aliphatic rings. The van der Waals surface area contributed by atoms with E-state index >= 15 is 0 Å². The van der Waals surface area contributed by atoms with Gasteiger partial charge in [-0.2, -0.15) is 0 Å². The third-order valence-electron chi connectivity index (χ3n) is 4.64. The SMILES string of the molecule is CCC1CCC(NCC(O)c2cc(F)ccc2F)C1C. The van der Waals surface area contributed by atoms with Gasteiger partial charge < -0.3 is 10.4 Å². The molecule has 4 atom stereocenters. The Morgan fingerprint density at radius 3 is 2.75 bits per heavy atom. The summed E-state index contributed by atoms with van der Waals surface area (Å²) >= 11 is 0. The van der Waals surface area contributed by atoms with Crippen LogP contribution >= 0.6 is 0 Å². The van der Waals surface area contributed by atoms with Gasteiger partial charge in [-0.25, -0.2) is 8.78 Å². The third kappa shape index (κ3) is 3.36. The molecule has 0 spiro atoms. The van der Waals surface area contributed by atoms with Crippen molar-refractivity contribution >= 4 is 0 Å². The molecule has 0 amide bonds. The first kappa shape index (κ1) is 15.4. The summed E-state index contributed by atoms with van der Waals surface area (Å²) in [7, 11) is 0. The topological polar surface area (TPSA) is 32.3 Å². The minimum absolute atomic E-state index is 0.0233. The molecule has 20 heavy (non-hydrogen) atoms. The molecule has 2 rings (SSSR count). The average Bonchev–Trinajstić information content (AvgIpc) is 2.79. The van der Waals surface area contributed by atoms with Gasteiger partial charge in [-0.15, -0.1) is 0 Å². The standard InChI is InChI=1S/C16H23F2NO/c1-3-11-4-7-15(10(11)2)19-9-16(20)13-8-12(17)5-6-14(13)18/h5-6,8,10-11,15-16,19-20H,3-4,7,9H2,1-2H3. The van der Waals surface area contributed by atoms with Crippen molar-refractivity contribution < 1.29 is 13.9 Å². The summed E-state index contributed by atoms with van der Waals surface area (Å²) in [5.41, 5.74) is 0.0233. The van der Waals surface area contributed by atoms with Crippen molar-refractivity contribution in [1.82, 2.24) is 5.32 Å². The predicted molar refractivity (Wildman–Crippen MR) is 75.3 cm³/mol. The van der Waals surface area contributed by atoms with Gasteiger partial charge in [0.15, 0.2) is 0 Å². The molecule has 2 nitrogen and oxygen atoms in total. The molecule has 1 aliphatic carbocycles. The second-order valence-corrected chi connectivity index (χ2v) is 5.80. The highest BCUT2D eigenvalue weighted by atomic mass is 19.1. The second kappa shape index (κ2) is 6.64. The van der Waals surface area contributed by atoms with Gasteiger partial charge in [0.05, 0.1) is 6.10 Å². The fourth-order valence-electron chi connectivity index (χ4n) is 3.25. The van der Waals surface area contributed by atoms with E-state index in [9.17, 15) is 13.9 Å². The summed E-state index contributed by atoms with van der Waals surface area (Å²) in [6, 6.07) is 3.53. The molecule has 112 valence electrons. The maximum absolute atomic E-state index is 13.6. The summed E-state index contributed by atoms with van der Waals surface area (Å²) in [4.78, 5) is 0. The lowest BCUT2D eigenvalue weighted by Gasteiger charge is -2.23. The molecular formula is C16H23F2NO. The molecule has 4 unspecified atom stereocenters. The summed E-state index contributed by atoms with van der Waals surface area (Å²) in [6.07, 6.45) is 2.43. The van der Waals surface area contributed by atoms with Crippen LogP contribution in [0.1, 0.15) is 44.8 Å². The fourth-order valence-corrected chi connectivity index (χ4v) is 3.25. The summed E-state index contributed by atoms with van der Waals surface area (Å²) in [5.74, 6) is 0.187. The molecule has 0 heterocycles. The van der Waals surface area contributed by atoms with E-state index in [2.05, 4.69) is 19.2 Å². The highest BCUT2D eigenvalue weighted by molar-refractivity contribution is 5.21. The van der Waals surface area contributed by atoms with Gasteiger partial charge in [0.25, 0.3) is 0 Å². The molecule has 0 aliphatic heterocycles. The molecule has 1 aromatic carbocycles. The van der Waals surface area contributed by atoms with Crippen LogP contribution in [0.4, 0.5) is 8.78 Å². The molecule has 0 saturated heterocycles. The quantitative estimate of drug-likeness (QED) is 0.868. The predicted octanol–water partition coefficient (Wildman–Crippen LogP) is 3.41. The molecule has 2 N–H and O–H groups in total. The number of rotatable bonds is 5. The first-order valence-electron chi connectivity index (χ1n) is 7.39. The maximum atomic E-state index is 13.6. The van der Waals surface area contributed by atoms with E-state index in [1.807, 2.05) is 0 Å². The lowest BCUT2D eigenvalue weighted by molar-refractivity contribution is 0.160. The van der Waals surface area contributed by atoms with Crippen LogP contribution in [0.2, 0.25) is 0 Å². The zero-order chi connectivity index (χ0) is 14.7. The van der Waals surface area contributed by atoms with Crippen LogP contribution in [0.25, 0.3) is 0 Å². The summed E-state index contributed by atoms with van der Waals surface area (Å²) in [6.45, 7) is 4.67. The number of halogens is 2. The van der Waals surface area contributed by atoms with Crippen molar-refractivity contribution in [3.05, 3.63) is 35.4 Å². The Balaban J connectivity index is 1.92. The largest absolute Gasteiger partial charge is 0.387 e. The smallest absolute Gasteiger partial charge is 0.129 e. The van der Waals surface area contributed by atoms with E-state index in [0.717, 1.165) is 30.5 Å². The van der Waals surface area contributed by atoms with E-state index in [1.165, 1.54) is 12.8 Å².